The molecule has 1 aliphatic carbocycles. The van der Waals surface area contributed by atoms with E-state index in [1.54, 1.807) is 12.3 Å². The number of anilines is 1. The van der Waals surface area contributed by atoms with Gasteiger partial charge in [-0.1, -0.05) is 35.9 Å². The van der Waals surface area contributed by atoms with Crippen LogP contribution in [0.15, 0.2) is 36.5 Å². The third-order valence-electron chi connectivity index (χ3n) is 6.95. The van der Waals surface area contributed by atoms with Gasteiger partial charge >= 0.3 is 0 Å². The zero-order valence-electron chi connectivity index (χ0n) is 18.4. The largest absolute Gasteiger partial charge is 0.480 e. The van der Waals surface area contributed by atoms with Gasteiger partial charge in [0.2, 0.25) is 5.88 Å². The van der Waals surface area contributed by atoms with Crippen LogP contribution in [0.5, 0.6) is 5.88 Å². The summed E-state index contributed by atoms with van der Waals surface area (Å²) in [6.45, 7) is 3.58. The quantitative estimate of drug-likeness (QED) is 0.635. The first-order valence-electron chi connectivity index (χ1n) is 11.0. The highest BCUT2D eigenvalue weighted by molar-refractivity contribution is 6.34. The van der Waals surface area contributed by atoms with Gasteiger partial charge in [0.15, 0.2) is 5.82 Å². The second kappa shape index (κ2) is 8.34. The van der Waals surface area contributed by atoms with Crippen molar-refractivity contribution in [2.45, 2.75) is 39.2 Å². The lowest BCUT2D eigenvalue weighted by Gasteiger charge is -2.40. The number of aliphatic hydroxyl groups excluding tert-OH is 1. The van der Waals surface area contributed by atoms with E-state index in [2.05, 4.69) is 34.1 Å². The van der Waals surface area contributed by atoms with Crippen LogP contribution >= 0.6 is 11.6 Å². The van der Waals surface area contributed by atoms with E-state index in [9.17, 15) is 5.11 Å². The summed E-state index contributed by atoms with van der Waals surface area (Å²) in [7, 11) is 1.53. The molecule has 3 aromatic rings. The molecular weight excluding hydrogens is 424 g/mol. The van der Waals surface area contributed by atoms with E-state index >= 15 is 0 Å². The van der Waals surface area contributed by atoms with Crippen LogP contribution in [0, 0.1) is 12.3 Å². The second-order valence-electron chi connectivity index (χ2n) is 8.88. The molecule has 1 fully saturated rings. The zero-order chi connectivity index (χ0) is 22.3. The molecule has 0 bridgehead atoms. The average Bonchev–Trinajstić information content (AvgIpc) is 3.17. The van der Waals surface area contributed by atoms with Crippen LogP contribution in [0.25, 0.3) is 11.3 Å². The molecule has 6 nitrogen and oxygen atoms in total. The Hall–Kier alpha value is -2.70. The third-order valence-corrected chi connectivity index (χ3v) is 7.31. The first-order chi connectivity index (χ1) is 15.5. The van der Waals surface area contributed by atoms with Gasteiger partial charge in [-0.25, -0.2) is 15.0 Å². The Balaban J connectivity index is 1.40. The number of aryl methyl sites for hydroxylation is 1. The van der Waals surface area contributed by atoms with Crippen molar-refractivity contribution in [3.8, 4) is 17.1 Å². The molecule has 166 valence electrons. The lowest BCUT2D eigenvalue weighted by atomic mass is 9.76. The van der Waals surface area contributed by atoms with Crippen LogP contribution in [0.1, 0.15) is 35.4 Å². The number of benzene rings is 1. The Labute approximate surface area is 193 Å². The molecule has 5 rings (SSSR count). The summed E-state index contributed by atoms with van der Waals surface area (Å²) in [5.41, 5.74) is 6.03. The maximum atomic E-state index is 10.1. The maximum absolute atomic E-state index is 10.1. The number of fused-ring (bicyclic) bond motifs is 1. The molecule has 32 heavy (non-hydrogen) atoms. The molecule has 0 radical (unpaired) electrons. The fraction of sp³-hybridized carbons (Fsp3) is 0.400. The highest BCUT2D eigenvalue weighted by atomic mass is 35.5. The van der Waals surface area contributed by atoms with Crippen LogP contribution in [0.3, 0.4) is 0 Å². The average molecular weight is 451 g/mol. The van der Waals surface area contributed by atoms with Crippen LogP contribution in [0.4, 0.5) is 5.82 Å². The molecule has 1 aliphatic heterocycles. The van der Waals surface area contributed by atoms with Gasteiger partial charge in [-0.2, -0.15) is 0 Å². The molecule has 1 N–H and O–H groups in total. The first kappa shape index (κ1) is 21.2. The number of aliphatic hydroxyl groups is 1. The van der Waals surface area contributed by atoms with Gasteiger partial charge in [0.1, 0.15) is 10.7 Å². The summed E-state index contributed by atoms with van der Waals surface area (Å²) in [6, 6.07) is 10.6. The standard InChI is InChI=1S/C25H27ClN4O2/c1-16-22(19-7-10-27-24(32-2)21(19)26)29-20(15-31)23(28-16)30-11-8-25(9-12-30)13-17-5-3-4-6-18(17)14-25/h3-7,10,31H,8-9,11-15H2,1-2H3. The minimum absolute atomic E-state index is 0.178. The molecule has 2 aliphatic rings. The van der Waals surface area contributed by atoms with E-state index in [4.69, 9.17) is 26.3 Å². The Bertz CT molecular complexity index is 1130. The minimum atomic E-state index is -0.178. The van der Waals surface area contributed by atoms with Gasteiger partial charge in [0, 0.05) is 24.8 Å². The van der Waals surface area contributed by atoms with Gasteiger partial charge in [-0.3, -0.25) is 0 Å². The highest BCUT2D eigenvalue weighted by Crippen LogP contribution is 2.45. The lowest BCUT2D eigenvalue weighted by molar-refractivity contribution is 0.231. The number of rotatable bonds is 4. The smallest absolute Gasteiger partial charge is 0.232 e. The number of aromatic nitrogens is 3. The van der Waals surface area contributed by atoms with E-state index in [1.807, 2.05) is 6.92 Å². The Kier molecular flexibility index (Phi) is 5.51. The zero-order valence-corrected chi connectivity index (χ0v) is 19.2. The van der Waals surface area contributed by atoms with Gasteiger partial charge < -0.3 is 14.7 Å². The van der Waals surface area contributed by atoms with Gasteiger partial charge in [-0.05, 0) is 55.2 Å². The molecule has 7 heteroatoms. The molecule has 1 saturated heterocycles. The number of halogens is 1. The topological polar surface area (TPSA) is 71.4 Å². The van der Waals surface area contributed by atoms with Gasteiger partial charge in [-0.15, -0.1) is 0 Å². The van der Waals surface area contributed by atoms with E-state index in [0.717, 1.165) is 50.3 Å². The number of nitrogens with zero attached hydrogens (tertiary/aromatic N) is 4. The Morgan fingerprint density at radius 1 is 1.09 bits per heavy atom. The molecule has 2 aromatic heterocycles. The SMILES string of the molecule is COc1nccc(-c2nc(CO)c(N3CCC4(CC3)Cc3ccccc3C4)nc2C)c1Cl. The Morgan fingerprint density at radius 2 is 1.78 bits per heavy atom. The number of piperidine rings is 1. The summed E-state index contributed by atoms with van der Waals surface area (Å²) in [4.78, 5) is 16.1. The van der Waals surface area contributed by atoms with Crippen LogP contribution in [0.2, 0.25) is 5.02 Å². The van der Waals surface area contributed by atoms with Crippen molar-refractivity contribution in [1.29, 1.82) is 0 Å². The third kappa shape index (κ3) is 3.61. The molecule has 0 saturated carbocycles. The van der Waals surface area contributed by atoms with Crippen LogP contribution in [-0.2, 0) is 19.4 Å². The Morgan fingerprint density at radius 3 is 2.41 bits per heavy atom. The highest BCUT2D eigenvalue weighted by Gasteiger charge is 2.40. The van der Waals surface area contributed by atoms with Crippen LogP contribution in [-0.4, -0.2) is 40.3 Å². The first-order valence-corrected chi connectivity index (χ1v) is 11.4. The summed E-state index contributed by atoms with van der Waals surface area (Å²) in [5.74, 6) is 1.12. The second-order valence-corrected chi connectivity index (χ2v) is 9.26. The van der Waals surface area contributed by atoms with Crippen molar-refractivity contribution < 1.29 is 9.84 Å². The summed E-state index contributed by atoms with van der Waals surface area (Å²) in [5, 5.41) is 10.5. The normalized spacial score (nSPS) is 16.9. The maximum Gasteiger partial charge on any atom is 0.232 e. The number of hydrogen-bond donors (Lipinski definition) is 1. The fourth-order valence-electron chi connectivity index (χ4n) is 5.23. The minimum Gasteiger partial charge on any atom is -0.480 e. The van der Waals surface area contributed by atoms with E-state index in [1.165, 1.54) is 18.2 Å². The van der Waals surface area contributed by atoms with Gasteiger partial charge in [0.25, 0.3) is 0 Å². The van der Waals surface area contributed by atoms with Crippen molar-refractivity contribution in [2.24, 2.45) is 5.41 Å². The molecule has 0 atom stereocenters. The molecule has 0 unspecified atom stereocenters. The number of pyridine rings is 1. The molecule has 1 spiro atoms. The van der Waals surface area contributed by atoms with Crippen LogP contribution < -0.4 is 9.64 Å². The predicted octanol–water partition coefficient (Wildman–Crippen LogP) is 4.39. The van der Waals surface area contributed by atoms with Crippen molar-refractivity contribution in [2.75, 3.05) is 25.1 Å². The molecule has 1 aromatic carbocycles. The number of methoxy groups -OCH3 is 1. The lowest BCUT2D eigenvalue weighted by Crippen LogP contribution is -2.41. The van der Waals surface area contributed by atoms with Crippen molar-refractivity contribution in [3.63, 3.8) is 0 Å². The number of ether oxygens (including phenoxy) is 1. The molecular formula is C25H27ClN4O2. The number of hydrogen-bond acceptors (Lipinski definition) is 6. The summed E-state index contributed by atoms with van der Waals surface area (Å²) < 4.78 is 5.24. The molecule has 0 amide bonds. The summed E-state index contributed by atoms with van der Waals surface area (Å²) >= 11 is 6.48. The fourth-order valence-corrected chi connectivity index (χ4v) is 5.50. The van der Waals surface area contributed by atoms with Crippen molar-refractivity contribution in [1.82, 2.24) is 15.0 Å². The summed E-state index contributed by atoms with van der Waals surface area (Å²) in [6.07, 6.45) is 6.19. The van der Waals surface area contributed by atoms with E-state index in [0.29, 0.717) is 33.3 Å². The van der Waals surface area contributed by atoms with E-state index < -0.39 is 0 Å². The van der Waals surface area contributed by atoms with Crippen molar-refractivity contribution in [3.05, 3.63) is 64.1 Å². The monoisotopic (exact) mass is 450 g/mol. The molecule has 3 heterocycles. The van der Waals surface area contributed by atoms with Gasteiger partial charge in [0.05, 0.1) is 25.1 Å². The van der Waals surface area contributed by atoms with Crippen molar-refractivity contribution >= 4 is 17.4 Å². The van der Waals surface area contributed by atoms with E-state index in [-0.39, 0.29) is 6.61 Å². The predicted molar refractivity (Wildman–Crippen MR) is 125 cm³/mol.